The van der Waals surface area contributed by atoms with Crippen molar-refractivity contribution in [1.82, 2.24) is 0 Å². The number of hydrogen-bond acceptors (Lipinski definition) is 6. The molecule has 0 aliphatic rings. The van der Waals surface area contributed by atoms with Crippen LogP contribution in [0.5, 0.6) is 0 Å². The normalized spacial score (nSPS) is 11.1. The van der Waals surface area contributed by atoms with E-state index in [4.69, 9.17) is 0 Å². The van der Waals surface area contributed by atoms with Gasteiger partial charge in [0.25, 0.3) is 0 Å². The van der Waals surface area contributed by atoms with Crippen molar-refractivity contribution in [3.05, 3.63) is 0 Å². The van der Waals surface area contributed by atoms with Gasteiger partial charge >= 0.3 is 18.2 Å². The number of nitrogens with zero attached hydrogens (tertiary/aromatic N) is 1. The molecule has 0 radical (unpaired) electrons. The molecule has 0 N–H and O–H groups in total. The monoisotopic (exact) mass is 203 g/mol. The summed E-state index contributed by atoms with van der Waals surface area (Å²) >= 11 is 0. The SMILES string of the molecule is COC(=O)C(ON=C(C)C)OC(C)=O. The van der Waals surface area contributed by atoms with Crippen molar-refractivity contribution < 1.29 is 23.9 Å². The third kappa shape index (κ3) is 5.13. The highest BCUT2D eigenvalue weighted by Crippen LogP contribution is 1.99. The Morgan fingerprint density at radius 3 is 2.14 bits per heavy atom. The molecule has 0 saturated heterocycles. The molecule has 0 fully saturated rings. The molecule has 0 rings (SSSR count). The van der Waals surface area contributed by atoms with Crippen molar-refractivity contribution in [2.45, 2.75) is 27.1 Å². The number of oxime groups is 1. The van der Waals surface area contributed by atoms with Gasteiger partial charge in [0, 0.05) is 6.92 Å². The van der Waals surface area contributed by atoms with Crippen molar-refractivity contribution >= 4 is 17.7 Å². The fourth-order valence-corrected chi connectivity index (χ4v) is 0.513. The molecule has 0 aromatic rings. The van der Waals surface area contributed by atoms with Crippen LogP contribution in [0, 0.1) is 0 Å². The lowest BCUT2D eigenvalue weighted by molar-refractivity contribution is -0.197. The summed E-state index contributed by atoms with van der Waals surface area (Å²) in [6.07, 6.45) is -1.44. The van der Waals surface area contributed by atoms with Crippen LogP contribution >= 0.6 is 0 Å². The van der Waals surface area contributed by atoms with Crippen LogP contribution in [0.15, 0.2) is 5.16 Å². The van der Waals surface area contributed by atoms with Crippen LogP contribution in [0.1, 0.15) is 20.8 Å². The Labute approximate surface area is 81.8 Å². The van der Waals surface area contributed by atoms with Crippen LogP contribution in [0.3, 0.4) is 0 Å². The summed E-state index contributed by atoms with van der Waals surface area (Å²) in [6.45, 7) is 4.49. The van der Waals surface area contributed by atoms with E-state index in [1.165, 1.54) is 0 Å². The number of rotatable bonds is 4. The average Bonchev–Trinajstić information content (AvgIpc) is 2.10. The molecule has 0 spiro atoms. The smallest absolute Gasteiger partial charge is 0.391 e. The fraction of sp³-hybridized carbons (Fsp3) is 0.625. The molecule has 0 bridgehead atoms. The largest absolute Gasteiger partial charge is 0.463 e. The lowest BCUT2D eigenvalue weighted by Gasteiger charge is -2.11. The van der Waals surface area contributed by atoms with Gasteiger partial charge < -0.3 is 14.3 Å². The van der Waals surface area contributed by atoms with Crippen molar-refractivity contribution in [2.24, 2.45) is 5.16 Å². The Bertz CT molecular complexity index is 244. The molecular formula is C8H13NO5. The zero-order valence-electron chi connectivity index (χ0n) is 8.57. The third-order valence-corrected chi connectivity index (χ3v) is 0.998. The predicted molar refractivity (Wildman–Crippen MR) is 47.4 cm³/mol. The summed E-state index contributed by atoms with van der Waals surface area (Å²) in [4.78, 5) is 26.2. The summed E-state index contributed by atoms with van der Waals surface area (Å²) in [7, 11) is 1.16. The van der Waals surface area contributed by atoms with Crippen LogP contribution < -0.4 is 0 Å². The molecule has 6 nitrogen and oxygen atoms in total. The highest BCUT2D eigenvalue weighted by molar-refractivity contribution is 5.79. The minimum absolute atomic E-state index is 0.589. The van der Waals surface area contributed by atoms with E-state index < -0.39 is 18.2 Å². The van der Waals surface area contributed by atoms with Crippen molar-refractivity contribution in [3.8, 4) is 0 Å². The lowest BCUT2D eigenvalue weighted by Crippen LogP contribution is -2.29. The number of carbonyl (C=O) groups is 2. The van der Waals surface area contributed by atoms with Gasteiger partial charge in [0.1, 0.15) is 0 Å². The maximum absolute atomic E-state index is 11.0. The molecular weight excluding hydrogens is 190 g/mol. The van der Waals surface area contributed by atoms with E-state index in [1.807, 2.05) is 0 Å². The number of hydrogen-bond donors (Lipinski definition) is 0. The summed E-state index contributed by atoms with van der Waals surface area (Å²) in [5.74, 6) is -1.46. The highest BCUT2D eigenvalue weighted by atomic mass is 16.8. The van der Waals surface area contributed by atoms with Gasteiger partial charge in [0.15, 0.2) is 0 Å². The number of esters is 2. The van der Waals surface area contributed by atoms with E-state index in [0.29, 0.717) is 5.71 Å². The van der Waals surface area contributed by atoms with Crippen molar-refractivity contribution in [1.29, 1.82) is 0 Å². The van der Waals surface area contributed by atoms with Crippen LogP contribution in [0.4, 0.5) is 0 Å². The Kier molecular flexibility index (Phi) is 5.28. The Morgan fingerprint density at radius 1 is 1.21 bits per heavy atom. The van der Waals surface area contributed by atoms with E-state index in [9.17, 15) is 9.59 Å². The van der Waals surface area contributed by atoms with E-state index in [2.05, 4.69) is 19.5 Å². The van der Waals surface area contributed by atoms with Gasteiger partial charge in [-0.2, -0.15) is 0 Å². The molecule has 1 unspecified atom stereocenters. The summed E-state index contributed by atoms with van der Waals surface area (Å²) in [6, 6.07) is 0. The predicted octanol–water partition coefficient (Wildman–Crippen LogP) is 0.461. The molecule has 0 amide bonds. The van der Waals surface area contributed by atoms with Gasteiger partial charge in [-0.25, -0.2) is 4.79 Å². The van der Waals surface area contributed by atoms with Gasteiger partial charge in [-0.15, -0.1) is 0 Å². The van der Waals surface area contributed by atoms with Crippen LogP contribution in [-0.2, 0) is 23.9 Å². The summed E-state index contributed by atoms with van der Waals surface area (Å²) < 4.78 is 8.85. The lowest BCUT2D eigenvalue weighted by atomic mass is 10.5. The van der Waals surface area contributed by atoms with Crippen molar-refractivity contribution in [3.63, 3.8) is 0 Å². The zero-order chi connectivity index (χ0) is 11.1. The van der Waals surface area contributed by atoms with E-state index in [-0.39, 0.29) is 0 Å². The molecule has 80 valence electrons. The van der Waals surface area contributed by atoms with E-state index in [0.717, 1.165) is 14.0 Å². The Hall–Kier alpha value is -1.59. The molecule has 14 heavy (non-hydrogen) atoms. The standard InChI is InChI=1S/C8H13NO5/c1-5(2)9-14-8(7(11)12-4)13-6(3)10/h8H,1-4H3. The molecule has 0 saturated carbocycles. The first-order valence-corrected chi connectivity index (χ1v) is 3.89. The van der Waals surface area contributed by atoms with E-state index >= 15 is 0 Å². The topological polar surface area (TPSA) is 74.2 Å². The zero-order valence-corrected chi connectivity index (χ0v) is 8.57. The molecule has 0 aliphatic heterocycles. The van der Waals surface area contributed by atoms with Gasteiger partial charge in [0.2, 0.25) is 0 Å². The molecule has 0 aliphatic carbocycles. The van der Waals surface area contributed by atoms with Gasteiger partial charge in [-0.3, -0.25) is 4.79 Å². The number of ether oxygens (including phenoxy) is 2. The second-order valence-electron chi connectivity index (χ2n) is 2.61. The first kappa shape index (κ1) is 12.4. The minimum atomic E-state index is -1.44. The Morgan fingerprint density at radius 2 is 1.79 bits per heavy atom. The second kappa shape index (κ2) is 5.95. The van der Waals surface area contributed by atoms with Crippen molar-refractivity contribution in [2.75, 3.05) is 7.11 Å². The maximum Gasteiger partial charge on any atom is 0.391 e. The molecule has 0 aromatic carbocycles. The Balaban J connectivity index is 4.32. The van der Waals surface area contributed by atoms with Gasteiger partial charge in [0.05, 0.1) is 12.8 Å². The average molecular weight is 203 g/mol. The van der Waals surface area contributed by atoms with Crippen LogP contribution in [-0.4, -0.2) is 31.1 Å². The third-order valence-electron chi connectivity index (χ3n) is 0.998. The maximum atomic E-state index is 11.0. The molecule has 0 aromatic heterocycles. The van der Waals surface area contributed by atoms with E-state index in [1.54, 1.807) is 13.8 Å². The number of methoxy groups -OCH3 is 1. The minimum Gasteiger partial charge on any atom is -0.463 e. The molecule has 6 heteroatoms. The quantitative estimate of drug-likeness (QED) is 0.287. The molecule has 1 atom stereocenters. The summed E-state index contributed by atoms with van der Waals surface area (Å²) in [5, 5.41) is 3.49. The fourth-order valence-electron chi connectivity index (χ4n) is 0.513. The van der Waals surface area contributed by atoms with Crippen LogP contribution in [0.25, 0.3) is 0 Å². The van der Waals surface area contributed by atoms with Gasteiger partial charge in [-0.1, -0.05) is 5.16 Å². The highest BCUT2D eigenvalue weighted by Gasteiger charge is 2.24. The second-order valence-corrected chi connectivity index (χ2v) is 2.61. The molecule has 0 heterocycles. The number of carbonyl (C=O) groups excluding carboxylic acids is 2. The summed E-state index contributed by atoms with van der Waals surface area (Å²) in [5.41, 5.74) is 0.589. The first-order valence-electron chi connectivity index (χ1n) is 3.89. The first-order chi connectivity index (χ1) is 6.47. The van der Waals surface area contributed by atoms with Gasteiger partial charge in [-0.05, 0) is 13.8 Å². The van der Waals surface area contributed by atoms with Crippen LogP contribution in [0.2, 0.25) is 0 Å².